The predicted molar refractivity (Wildman–Crippen MR) is 88.8 cm³/mol. The van der Waals surface area contributed by atoms with Gasteiger partial charge in [-0.2, -0.15) is 4.98 Å². The Hall–Kier alpha value is -2.80. The molecule has 1 unspecified atom stereocenters. The maximum atomic E-state index is 12.3. The molecule has 0 aliphatic rings. The van der Waals surface area contributed by atoms with Gasteiger partial charge in [-0.3, -0.25) is 4.79 Å². The number of fused-ring (bicyclic) bond motifs is 1. The Bertz CT molecular complexity index is 860. The number of aromatic nitrogens is 4. The lowest BCUT2D eigenvalue weighted by Crippen LogP contribution is -2.30. The third kappa shape index (κ3) is 3.26. The molecule has 0 spiro atoms. The molecule has 7 heteroatoms. The van der Waals surface area contributed by atoms with Crippen molar-refractivity contribution in [2.75, 3.05) is 13.7 Å². The number of ether oxygens (including phenoxy) is 1. The first kappa shape index (κ1) is 16.1. The SMILES string of the molecule is COC(CNC(=O)c1nc2nc(C)cc(C)n2n1)c1ccccc1. The highest BCUT2D eigenvalue weighted by atomic mass is 16.5. The third-order valence-corrected chi connectivity index (χ3v) is 3.73. The highest BCUT2D eigenvalue weighted by molar-refractivity contribution is 5.90. The van der Waals surface area contributed by atoms with Gasteiger partial charge in [-0.1, -0.05) is 30.3 Å². The van der Waals surface area contributed by atoms with Crippen molar-refractivity contribution in [1.82, 2.24) is 24.9 Å². The summed E-state index contributed by atoms with van der Waals surface area (Å²) in [6, 6.07) is 11.6. The zero-order chi connectivity index (χ0) is 17.1. The topological polar surface area (TPSA) is 81.4 Å². The summed E-state index contributed by atoms with van der Waals surface area (Å²) < 4.78 is 7.01. The molecule has 0 saturated heterocycles. The number of nitrogens with zero attached hydrogens (tertiary/aromatic N) is 4. The standard InChI is InChI=1S/C17H19N5O2/c1-11-9-12(2)22-17(19-11)20-15(21-22)16(23)18-10-14(24-3)13-7-5-4-6-8-13/h4-9,14H,10H2,1-3H3,(H,18,23). The molecule has 0 saturated carbocycles. The van der Waals surface area contributed by atoms with Gasteiger partial charge in [0.2, 0.25) is 5.82 Å². The average Bonchev–Trinajstić information content (AvgIpc) is 3.00. The number of methoxy groups -OCH3 is 1. The number of carbonyl (C=O) groups is 1. The normalized spacial score (nSPS) is 12.3. The Kier molecular flexibility index (Phi) is 4.52. The second-order valence-corrected chi connectivity index (χ2v) is 5.53. The molecule has 0 bridgehead atoms. The van der Waals surface area contributed by atoms with Crippen molar-refractivity contribution in [1.29, 1.82) is 0 Å². The molecule has 3 aromatic rings. The van der Waals surface area contributed by atoms with Crippen LogP contribution in [0.15, 0.2) is 36.4 Å². The van der Waals surface area contributed by atoms with Gasteiger partial charge < -0.3 is 10.1 Å². The zero-order valence-corrected chi connectivity index (χ0v) is 13.9. The smallest absolute Gasteiger partial charge is 0.291 e. The van der Waals surface area contributed by atoms with Crippen LogP contribution in [0.2, 0.25) is 0 Å². The quantitative estimate of drug-likeness (QED) is 0.774. The average molecular weight is 325 g/mol. The molecule has 2 heterocycles. The monoisotopic (exact) mass is 325 g/mol. The first-order valence-corrected chi connectivity index (χ1v) is 7.65. The fraction of sp³-hybridized carbons (Fsp3) is 0.294. The molecular weight excluding hydrogens is 306 g/mol. The Balaban J connectivity index is 1.74. The Morgan fingerprint density at radius 1 is 1.25 bits per heavy atom. The van der Waals surface area contributed by atoms with Gasteiger partial charge in [0.15, 0.2) is 0 Å². The largest absolute Gasteiger partial charge is 0.375 e. The minimum Gasteiger partial charge on any atom is -0.375 e. The van der Waals surface area contributed by atoms with Crippen LogP contribution < -0.4 is 5.32 Å². The van der Waals surface area contributed by atoms with Crippen LogP contribution in [-0.2, 0) is 4.74 Å². The predicted octanol–water partition coefficient (Wildman–Crippen LogP) is 1.86. The van der Waals surface area contributed by atoms with Crippen LogP contribution in [0.5, 0.6) is 0 Å². The molecule has 1 atom stereocenters. The molecular formula is C17H19N5O2. The van der Waals surface area contributed by atoms with Crippen LogP contribution in [0.4, 0.5) is 0 Å². The van der Waals surface area contributed by atoms with Crippen molar-refractivity contribution in [2.24, 2.45) is 0 Å². The number of rotatable bonds is 5. The first-order chi connectivity index (χ1) is 11.6. The minimum absolute atomic E-state index is 0.0964. The molecule has 0 aliphatic heterocycles. The fourth-order valence-corrected chi connectivity index (χ4v) is 2.53. The van der Waals surface area contributed by atoms with Crippen LogP contribution in [0.25, 0.3) is 5.78 Å². The summed E-state index contributed by atoms with van der Waals surface area (Å²) in [7, 11) is 1.61. The van der Waals surface area contributed by atoms with Gasteiger partial charge in [0, 0.05) is 25.0 Å². The van der Waals surface area contributed by atoms with E-state index in [-0.39, 0.29) is 17.8 Å². The zero-order valence-electron chi connectivity index (χ0n) is 13.9. The van der Waals surface area contributed by atoms with E-state index in [9.17, 15) is 4.79 Å². The maximum absolute atomic E-state index is 12.3. The molecule has 24 heavy (non-hydrogen) atoms. The minimum atomic E-state index is -0.351. The van der Waals surface area contributed by atoms with E-state index in [1.807, 2.05) is 50.2 Å². The molecule has 124 valence electrons. The third-order valence-electron chi connectivity index (χ3n) is 3.73. The Labute approximate surface area is 139 Å². The van der Waals surface area contributed by atoms with E-state index in [1.54, 1.807) is 11.6 Å². The van der Waals surface area contributed by atoms with E-state index in [0.29, 0.717) is 12.3 Å². The van der Waals surface area contributed by atoms with Gasteiger partial charge in [0.1, 0.15) is 0 Å². The first-order valence-electron chi connectivity index (χ1n) is 7.65. The summed E-state index contributed by atoms with van der Waals surface area (Å²) in [6.07, 6.45) is -0.228. The van der Waals surface area contributed by atoms with E-state index in [4.69, 9.17) is 4.74 Å². The van der Waals surface area contributed by atoms with Gasteiger partial charge >= 0.3 is 0 Å². The fourth-order valence-electron chi connectivity index (χ4n) is 2.53. The number of hydrogen-bond acceptors (Lipinski definition) is 5. The van der Waals surface area contributed by atoms with E-state index in [2.05, 4.69) is 20.4 Å². The summed E-state index contributed by atoms with van der Waals surface area (Å²) in [5, 5.41) is 7.03. The van der Waals surface area contributed by atoms with Crippen molar-refractivity contribution in [3.8, 4) is 0 Å². The Morgan fingerprint density at radius 2 is 2.00 bits per heavy atom. The van der Waals surface area contributed by atoms with Gasteiger partial charge in [0.05, 0.1) is 6.10 Å². The Morgan fingerprint density at radius 3 is 2.71 bits per heavy atom. The lowest BCUT2D eigenvalue weighted by molar-refractivity contribution is 0.0820. The molecule has 0 aliphatic carbocycles. The van der Waals surface area contributed by atoms with Gasteiger partial charge in [-0.15, -0.1) is 5.10 Å². The van der Waals surface area contributed by atoms with Crippen LogP contribution in [0, 0.1) is 13.8 Å². The number of nitrogens with one attached hydrogen (secondary N) is 1. The summed E-state index contributed by atoms with van der Waals surface area (Å²) in [6.45, 7) is 4.11. The molecule has 0 fully saturated rings. The van der Waals surface area contributed by atoms with Gasteiger partial charge in [-0.05, 0) is 25.5 Å². The van der Waals surface area contributed by atoms with E-state index >= 15 is 0 Å². The molecule has 0 radical (unpaired) electrons. The summed E-state index contributed by atoms with van der Waals surface area (Å²) >= 11 is 0. The molecule has 7 nitrogen and oxygen atoms in total. The summed E-state index contributed by atoms with van der Waals surface area (Å²) in [5.74, 6) is 0.165. The number of carbonyl (C=O) groups excluding carboxylic acids is 1. The lowest BCUT2D eigenvalue weighted by Gasteiger charge is -2.15. The lowest BCUT2D eigenvalue weighted by atomic mass is 10.1. The van der Waals surface area contributed by atoms with E-state index in [1.165, 1.54) is 0 Å². The van der Waals surface area contributed by atoms with Gasteiger partial charge in [-0.25, -0.2) is 9.50 Å². The molecule has 1 aromatic carbocycles. The van der Waals surface area contributed by atoms with Crippen molar-refractivity contribution in [3.63, 3.8) is 0 Å². The van der Waals surface area contributed by atoms with Crippen LogP contribution in [0.3, 0.4) is 0 Å². The number of aryl methyl sites for hydroxylation is 2. The summed E-state index contributed by atoms with van der Waals surface area (Å²) in [5.41, 5.74) is 2.71. The van der Waals surface area contributed by atoms with Gasteiger partial charge in [0.25, 0.3) is 11.7 Å². The summed E-state index contributed by atoms with van der Waals surface area (Å²) in [4.78, 5) is 20.8. The van der Waals surface area contributed by atoms with Crippen LogP contribution in [-0.4, -0.2) is 39.1 Å². The van der Waals surface area contributed by atoms with Crippen molar-refractivity contribution in [2.45, 2.75) is 20.0 Å². The molecule has 1 N–H and O–H groups in total. The second kappa shape index (κ2) is 6.76. The molecule has 3 rings (SSSR count). The van der Waals surface area contributed by atoms with E-state index < -0.39 is 0 Å². The van der Waals surface area contributed by atoms with Crippen molar-refractivity contribution >= 4 is 11.7 Å². The van der Waals surface area contributed by atoms with Crippen LogP contribution >= 0.6 is 0 Å². The number of hydrogen-bond donors (Lipinski definition) is 1. The highest BCUT2D eigenvalue weighted by Crippen LogP contribution is 2.15. The number of amides is 1. The highest BCUT2D eigenvalue weighted by Gasteiger charge is 2.17. The number of benzene rings is 1. The second-order valence-electron chi connectivity index (χ2n) is 5.53. The van der Waals surface area contributed by atoms with E-state index in [0.717, 1.165) is 17.0 Å². The van der Waals surface area contributed by atoms with Crippen molar-refractivity contribution in [3.05, 3.63) is 59.2 Å². The maximum Gasteiger partial charge on any atom is 0.291 e. The molecule has 2 aromatic heterocycles. The van der Waals surface area contributed by atoms with Crippen molar-refractivity contribution < 1.29 is 9.53 Å². The van der Waals surface area contributed by atoms with Crippen LogP contribution in [0.1, 0.15) is 33.7 Å². The molecule has 1 amide bonds.